The number of halogens is 2. The molecule has 2 heterocycles. The van der Waals surface area contributed by atoms with Gasteiger partial charge in [0.25, 0.3) is 0 Å². The van der Waals surface area contributed by atoms with Crippen molar-refractivity contribution in [2.45, 2.75) is 37.3 Å². The summed E-state index contributed by atoms with van der Waals surface area (Å²) in [7, 11) is 3.46. The first kappa shape index (κ1) is 21.8. The summed E-state index contributed by atoms with van der Waals surface area (Å²) in [6, 6.07) is 6.17. The van der Waals surface area contributed by atoms with Gasteiger partial charge in [-0.15, -0.1) is 12.4 Å². The molecule has 3 amide bonds. The van der Waals surface area contributed by atoms with Crippen molar-refractivity contribution in [3.05, 3.63) is 35.6 Å². The lowest BCUT2D eigenvalue weighted by Crippen LogP contribution is -2.53. The Labute approximate surface area is 177 Å². The lowest BCUT2D eigenvalue weighted by atomic mass is 9.89. The molecule has 3 fully saturated rings. The van der Waals surface area contributed by atoms with E-state index in [0.29, 0.717) is 19.6 Å². The SMILES string of the molecule is CN(C)C(=O)N1C[C@H]2CN(C(=O)C3(N)CCCC3)C[C@H]2[C@H]1c1cccc(F)c1.Cl. The topological polar surface area (TPSA) is 69.9 Å². The van der Waals surface area contributed by atoms with Crippen LogP contribution in [0.3, 0.4) is 0 Å². The number of nitrogens with zero attached hydrogens (tertiary/aromatic N) is 3. The maximum absolute atomic E-state index is 13.9. The molecule has 1 aromatic carbocycles. The van der Waals surface area contributed by atoms with E-state index in [1.165, 1.54) is 12.1 Å². The van der Waals surface area contributed by atoms with Gasteiger partial charge in [0.15, 0.2) is 0 Å². The number of urea groups is 1. The first-order chi connectivity index (χ1) is 13.3. The summed E-state index contributed by atoms with van der Waals surface area (Å²) in [5.74, 6) is 0.0182. The highest BCUT2D eigenvalue weighted by molar-refractivity contribution is 5.87. The summed E-state index contributed by atoms with van der Waals surface area (Å²) in [6.07, 6.45) is 3.49. The van der Waals surface area contributed by atoms with E-state index in [4.69, 9.17) is 5.73 Å². The Kier molecular flexibility index (Phi) is 6.11. The Bertz CT molecular complexity index is 784. The van der Waals surface area contributed by atoms with Crippen LogP contribution in [-0.2, 0) is 4.79 Å². The molecule has 2 N–H and O–H groups in total. The number of benzene rings is 1. The van der Waals surface area contributed by atoms with E-state index >= 15 is 0 Å². The van der Waals surface area contributed by atoms with Gasteiger partial charge in [-0.3, -0.25) is 4.79 Å². The molecular formula is C21H30ClFN4O2. The van der Waals surface area contributed by atoms with Crippen molar-refractivity contribution >= 4 is 24.3 Å². The number of nitrogens with two attached hydrogens (primary N) is 1. The van der Waals surface area contributed by atoms with Crippen LogP contribution in [0.5, 0.6) is 0 Å². The van der Waals surface area contributed by atoms with E-state index in [1.54, 1.807) is 25.1 Å². The summed E-state index contributed by atoms with van der Waals surface area (Å²) >= 11 is 0. The molecule has 0 unspecified atom stereocenters. The van der Waals surface area contributed by atoms with Crippen molar-refractivity contribution in [2.24, 2.45) is 17.6 Å². The second-order valence-electron chi connectivity index (χ2n) is 8.83. The third-order valence-corrected chi connectivity index (χ3v) is 6.69. The van der Waals surface area contributed by atoms with Gasteiger partial charge in [-0.1, -0.05) is 25.0 Å². The van der Waals surface area contributed by atoms with Crippen LogP contribution in [0.4, 0.5) is 9.18 Å². The first-order valence-electron chi connectivity index (χ1n) is 10.1. The maximum Gasteiger partial charge on any atom is 0.320 e. The number of hydrogen-bond donors (Lipinski definition) is 1. The van der Waals surface area contributed by atoms with Gasteiger partial charge in [0.2, 0.25) is 5.91 Å². The van der Waals surface area contributed by atoms with Crippen molar-refractivity contribution in [1.29, 1.82) is 0 Å². The first-order valence-corrected chi connectivity index (χ1v) is 10.1. The van der Waals surface area contributed by atoms with Gasteiger partial charge in [-0.05, 0) is 30.5 Å². The molecule has 2 aliphatic heterocycles. The Hall–Kier alpha value is -1.86. The molecule has 0 radical (unpaired) electrons. The van der Waals surface area contributed by atoms with Crippen molar-refractivity contribution < 1.29 is 14.0 Å². The van der Waals surface area contributed by atoms with Crippen LogP contribution in [0.25, 0.3) is 0 Å². The molecule has 1 saturated carbocycles. The molecule has 160 valence electrons. The predicted octanol–water partition coefficient (Wildman–Crippen LogP) is 2.63. The number of hydrogen-bond acceptors (Lipinski definition) is 3. The molecule has 3 aliphatic rings. The second-order valence-corrected chi connectivity index (χ2v) is 8.83. The highest BCUT2D eigenvalue weighted by Gasteiger charge is 2.52. The zero-order chi connectivity index (χ0) is 20.1. The zero-order valence-electron chi connectivity index (χ0n) is 17.0. The number of amides is 3. The number of carbonyl (C=O) groups excluding carboxylic acids is 2. The summed E-state index contributed by atoms with van der Waals surface area (Å²) in [5, 5.41) is 0. The lowest BCUT2D eigenvalue weighted by molar-refractivity contribution is -0.136. The van der Waals surface area contributed by atoms with Gasteiger partial charge < -0.3 is 20.4 Å². The van der Waals surface area contributed by atoms with E-state index in [1.807, 2.05) is 15.9 Å². The second kappa shape index (κ2) is 8.11. The minimum Gasteiger partial charge on any atom is -0.340 e. The number of fused-ring (bicyclic) bond motifs is 1. The van der Waals surface area contributed by atoms with E-state index in [-0.39, 0.29) is 48.0 Å². The highest BCUT2D eigenvalue weighted by atomic mass is 35.5. The summed E-state index contributed by atoms with van der Waals surface area (Å²) < 4.78 is 13.9. The fourth-order valence-corrected chi connectivity index (χ4v) is 5.32. The normalized spacial score (nSPS) is 27.5. The van der Waals surface area contributed by atoms with Gasteiger partial charge in [0, 0.05) is 45.6 Å². The van der Waals surface area contributed by atoms with Crippen molar-refractivity contribution in [3.8, 4) is 0 Å². The Balaban J connectivity index is 0.00000240. The van der Waals surface area contributed by atoms with Crippen LogP contribution in [0.15, 0.2) is 24.3 Å². The molecule has 0 aromatic heterocycles. The molecule has 8 heteroatoms. The quantitative estimate of drug-likeness (QED) is 0.793. The van der Waals surface area contributed by atoms with Crippen LogP contribution in [0, 0.1) is 17.7 Å². The summed E-state index contributed by atoms with van der Waals surface area (Å²) in [4.78, 5) is 31.1. The molecule has 29 heavy (non-hydrogen) atoms. The van der Waals surface area contributed by atoms with E-state index in [2.05, 4.69) is 0 Å². The van der Waals surface area contributed by atoms with Crippen LogP contribution >= 0.6 is 12.4 Å². The standard InChI is InChI=1S/C21H29FN4O2.ClH/c1-24(2)20(28)26-12-15-11-25(19(27)21(23)8-3-4-9-21)13-17(15)18(26)14-6-5-7-16(22)10-14;/h5-7,10,15,17-18H,3-4,8-9,11-13,23H2,1-2H3;1H/t15-,17-,18-;/m1./s1. The van der Waals surface area contributed by atoms with Crippen LogP contribution in [0.2, 0.25) is 0 Å². The van der Waals surface area contributed by atoms with E-state index < -0.39 is 5.54 Å². The van der Waals surface area contributed by atoms with Crippen LogP contribution in [-0.4, -0.2) is 65.9 Å². The third-order valence-electron chi connectivity index (χ3n) is 6.69. The number of carbonyl (C=O) groups is 2. The summed E-state index contributed by atoms with van der Waals surface area (Å²) in [6.45, 7) is 1.76. The Morgan fingerprint density at radius 2 is 1.86 bits per heavy atom. The minimum atomic E-state index is -0.730. The molecule has 4 rings (SSSR count). The van der Waals surface area contributed by atoms with Crippen molar-refractivity contribution in [3.63, 3.8) is 0 Å². The minimum absolute atomic E-state index is 0. The molecule has 0 spiro atoms. The van der Waals surface area contributed by atoms with Gasteiger partial charge in [0.05, 0.1) is 11.6 Å². The van der Waals surface area contributed by atoms with Crippen LogP contribution < -0.4 is 5.73 Å². The Morgan fingerprint density at radius 1 is 1.17 bits per heavy atom. The van der Waals surface area contributed by atoms with E-state index in [0.717, 1.165) is 31.2 Å². The van der Waals surface area contributed by atoms with Gasteiger partial charge in [-0.25, -0.2) is 9.18 Å². The molecule has 0 bridgehead atoms. The summed E-state index contributed by atoms with van der Waals surface area (Å²) in [5.41, 5.74) is 6.46. The highest BCUT2D eigenvalue weighted by Crippen LogP contribution is 2.46. The molecular weight excluding hydrogens is 395 g/mol. The molecule has 3 atom stereocenters. The smallest absolute Gasteiger partial charge is 0.320 e. The lowest BCUT2D eigenvalue weighted by Gasteiger charge is -2.33. The molecule has 2 saturated heterocycles. The van der Waals surface area contributed by atoms with Gasteiger partial charge in [-0.2, -0.15) is 0 Å². The third kappa shape index (κ3) is 3.82. The molecule has 1 aliphatic carbocycles. The van der Waals surface area contributed by atoms with E-state index in [9.17, 15) is 14.0 Å². The van der Waals surface area contributed by atoms with Gasteiger partial charge >= 0.3 is 6.03 Å². The molecule has 1 aromatic rings. The average molecular weight is 425 g/mol. The molecule has 6 nitrogen and oxygen atoms in total. The monoisotopic (exact) mass is 424 g/mol. The largest absolute Gasteiger partial charge is 0.340 e. The fourth-order valence-electron chi connectivity index (χ4n) is 5.32. The fraction of sp³-hybridized carbons (Fsp3) is 0.619. The number of likely N-dealkylation sites (tertiary alicyclic amines) is 2. The van der Waals surface area contributed by atoms with Crippen molar-refractivity contribution in [2.75, 3.05) is 33.7 Å². The Morgan fingerprint density at radius 3 is 2.48 bits per heavy atom. The predicted molar refractivity (Wildman–Crippen MR) is 111 cm³/mol. The van der Waals surface area contributed by atoms with Crippen molar-refractivity contribution in [1.82, 2.24) is 14.7 Å². The average Bonchev–Trinajstić information content (AvgIpc) is 3.34. The zero-order valence-corrected chi connectivity index (χ0v) is 17.8. The number of rotatable bonds is 2. The maximum atomic E-state index is 13.9. The van der Waals surface area contributed by atoms with Gasteiger partial charge in [0.1, 0.15) is 5.82 Å². The van der Waals surface area contributed by atoms with Crippen LogP contribution in [0.1, 0.15) is 37.3 Å².